The molecule has 0 spiro atoms. The molecule has 2 heterocycles. The van der Waals surface area contributed by atoms with Crippen molar-refractivity contribution >= 4 is 34.8 Å². The van der Waals surface area contributed by atoms with Crippen LogP contribution in [0.25, 0.3) is 0 Å². The molecule has 1 saturated heterocycles. The van der Waals surface area contributed by atoms with Gasteiger partial charge in [-0.05, 0) is 18.9 Å². The lowest BCUT2D eigenvalue weighted by Gasteiger charge is -2.24. The fourth-order valence-electron chi connectivity index (χ4n) is 1.70. The maximum Gasteiger partial charge on any atom is 0.161 e. The highest BCUT2D eigenvalue weighted by molar-refractivity contribution is 6.37. The molecule has 0 saturated carbocycles. The average Bonchev–Trinajstić information content (AvgIpc) is 2.34. The van der Waals surface area contributed by atoms with Gasteiger partial charge < -0.3 is 15.5 Å². The van der Waals surface area contributed by atoms with Gasteiger partial charge in [0.25, 0.3) is 0 Å². The molecule has 7 heteroatoms. The van der Waals surface area contributed by atoms with E-state index in [1.165, 1.54) is 0 Å². The van der Waals surface area contributed by atoms with Crippen LogP contribution in [0.15, 0.2) is 6.07 Å². The molecule has 94 valence electrons. The average molecular weight is 277 g/mol. The van der Waals surface area contributed by atoms with Gasteiger partial charge in [0.15, 0.2) is 5.82 Å². The Labute approximate surface area is 110 Å². The molecule has 0 atom stereocenters. The van der Waals surface area contributed by atoms with E-state index in [-0.39, 0.29) is 0 Å². The Kier molecular flexibility index (Phi) is 4.28. The molecule has 1 fully saturated rings. The number of nitrogens with zero attached hydrogens (tertiary/aromatic N) is 1. The van der Waals surface area contributed by atoms with Crippen LogP contribution in [0.3, 0.4) is 0 Å². The molecule has 0 radical (unpaired) electrons. The highest BCUT2D eigenvalue weighted by atomic mass is 35.5. The van der Waals surface area contributed by atoms with E-state index in [2.05, 4.69) is 15.7 Å². The molecule has 1 aromatic rings. The molecule has 1 aliphatic heterocycles. The van der Waals surface area contributed by atoms with Gasteiger partial charge in [0.05, 0.1) is 10.0 Å². The van der Waals surface area contributed by atoms with E-state index in [0.717, 1.165) is 26.1 Å². The van der Waals surface area contributed by atoms with Crippen LogP contribution < -0.4 is 16.6 Å². The van der Waals surface area contributed by atoms with Gasteiger partial charge in [0.1, 0.15) is 5.82 Å². The van der Waals surface area contributed by atoms with Crippen molar-refractivity contribution in [3.8, 4) is 0 Å². The second kappa shape index (κ2) is 5.73. The SMILES string of the molecule is NNc1nc(NC2CCOCC2)c(Cl)cc1Cl. The number of hydrazine groups is 1. The number of pyridine rings is 1. The van der Waals surface area contributed by atoms with Crippen LogP contribution in [0, 0.1) is 0 Å². The summed E-state index contributed by atoms with van der Waals surface area (Å²) in [7, 11) is 0. The van der Waals surface area contributed by atoms with Gasteiger partial charge in [-0.15, -0.1) is 0 Å². The Bertz CT molecular complexity index is 396. The van der Waals surface area contributed by atoms with E-state index in [4.69, 9.17) is 33.8 Å². The smallest absolute Gasteiger partial charge is 0.161 e. The van der Waals surface area contributed by atoms with Crippen molar-refractivity contribution in [3.05, 3.63) is 16.1 Å². The quantitative estimate of drug-likeness (QED) is 0.584. The fourth-order valence-corrected chi connectivity index (χ4v) is 2.17. The predicted molar refractivity (Wildman–Crippen MR) is 69.5 cm³/mol. The Morgan fingerprint density at radius 2 is 1.88 bits per heavy atom. The van der Waals surface area contributed by atoms with Crippen molar-refractivity contribution in [2.75, 3.05) is 24.0 Å². The van der Waals surface area contributed by atoms with Crippen LogP contribution in [-0.2, 0) is 4.74 Å². The van der Waals surface area contributed by atoms with Crippen LogP contribution in [0.1, 0.15) is 12.8 Å². The third-order valence-electron chi connectivity index (χ3n) is 2.63. The molecule has 0 amide bonds. The van der Waals surface area contributed by atoms with Crippen molar-refractivity contribution in [3.63, 3.8) is 0 Å². The molecular weight excluding hydrogens is 263 g/mol. The van der Waals surface area contributed by atoms with Crippen molar-refractivity contribution in [2.45, 2.75) is 18.9 Å². The zero-order chi connectivity index (χ0) is 12.3. The highest BCUT2D eigenvalue weighted by Crippen LogP contribution is 2.29. The second-order valence-electron chi connectivity index (χ2n) is 3.82. The number of hydrogen-bond acceptors (Lipinski definition) is 5. The summed E-state index contributed by atoms with van der Waals surface area (Å²) in [5, 5.41) is 4.16. The minimum atomic E-state index is 0.320. The van der Waals surface area contributed by atoms with Gasteiger partial charge >= 0.3 is 0 Å². The fraction of sp³-hybridized carbons (Fsp3) is 0.500. The number of halogens is 2. The summed E-state index contributed by atoms with van der Waals surface area (Å²) in [5.74, 6) is 6.32. The summed E-state index contributed by atoms with van der Waals surface area (Å²) in [5.41, 5.74) is 2.43. The lowest BCUT2D eigenvalue weighted by molar-refractivity contribution is 0.0904. The van der Waals surface area contributed by atoms with Crippen LogP contribution in [0.5, 0.6) is 0 Å². The van der Waals surface area contributed by atoms with Crippen molar-refractivity contribution < 1.29 is 4.74 Å². The van der Waals surface area contributed by atoms with Crippen LogP contribution in [-0.4, -0.2) is 24.2 Å². The molecule has 0 bridgehead atoms. The van der Waals surface area contributed by atoms with E-state index in [1.54, 1.807) is 6.07 Å². The number of hydrogen-bond donors (Lipinski definition) is 3. The number of ether oxygens (including phenoxy) is 1. The summed E-state index contributed by atoms with van der Waals surface area (Å²) < 4.78 is 5.28. The Hall–Kier alpha value is -0.750. The number of rotatable bonds is 3. The number of nitrogen functional groups attached to an aromatic ring is 1. The number of aromatic nitrogens is 1. The minimum absolute atomic E-state index is 0.320. The molecule has 0 aromatic carbocycles. The van der Waals surface area contributed by atoms with Crippen LogP contribution in [0.4, 0.5) is 11.6 Å². The summed E-state index contributed by atoms with van der Waals surface area (Å²) in [6.07, 6.45) is 1.87. The molecule has 1 aliphatic rings. The van der Waals surface area contributed by atoms with Crippen molar-refractivity contribution in [1.29, 1.82) is 0 Å². The largest absolute Gasteiger partial charge is 0.381 e. The normalized spacial score (nSPS) is 16.9. The topological polar surface area (TPSA) is 72.2 Å². The van der Waals surface area contributed by atoms with Crippen LogP contribution in [0.2, 0.25) is 10.0 Å². The molecule has 1 aromatic heterocycles. The van der Waals surface area contributed by atoms with Gasteiger partial charge in [-0.2, -0.15) is 0 Å². The monoisotopic (exact) mass is 276 g/mol. The Morgan fingerprint density at radius 3 is 2.53 bits per heavy atom. The molecule has 0 unspecified atom stereocenters. The molecule has 0 aliphatic carbocycles. The second-order valence-corrected chi connectivity index (χ2v) is 4.64. The van der Waals surface area contributed by atoms with Crippen LogP contribution >= 0.6 is 23.2 Å². The van der Waals surface area contributed by atoms with Gasteiger partial charge in [0.2, 0.25) is 0 Å². The molecule has 4 N–H and O–H groups in total. The Morgan fingerprint density at radius 1 is 1.24 bits per heavy atom. The van der Waals surface area contributed by atoms with E-state index in [0.29, 0.717) is 27.7 Å². The summed E-state index contributed by atoms with van der Waals surface area (Å²) in [6, 6.07) is 1.94. The van der Waals surface area contributed by atoms with Gasteiger partial charge in [0, 0.05) is 19.3 Å². The zero-order valence-corrected chi connectivity index (χ0v) is 10.7. The van der Waals surface area contributed by atoms with E-state index in [1.807, 2.05) is 0 Å². The summed E-state index contributed by atoms with van der Waals surface area (Å²) >= 11 is 12.0. The maximum absolute atomic E-state index is 6.07. The van der Waals surface area contributed by atoms with Gasteiger partial charge in [-0.1, -0.05) is 23.2 Å². The molecule has 17 heavy (non-hydrogen) atoms. The van der Waals surface area contributed by atoms with Crippen molar-refractivity contribution in [2.24, 2.45) is 5.84 Å². The highest BCUT2D eigenvalue weighted by Gasteiger charge is 2.16. The van der Waals surface area contributed by atoms with E-state index in [9.17, 15) is 0 Å². The lowest BCUT2D eigenvalue weighted by Crippen LogP contribution is -2.28. The first-order chi connectivity index (χ1) is 8.20. The number of anilines is 2. The van der Waals surface area contributed by atoms with E-state index < -0.39 is 0 Å². The third kappa shape index (κ3) is 3.13. The standard InChI is InChI=1S/C10H14Cl2N4O/c11-7-5-8(12)10(16-13)15-9(7)14-6-1-3-17-4-2-6/h5-6H,1-4,13H2,(H2,14,15,16). The summed E-state index contributed by atoms with van der Waals surface area (Å²) in [6.45, 7) is 1.51. The molecular formula is C10H14Cl2N4O. The first kappa shape index (κ1) is 12.7. The number of nitrogens with one attached hydrogen (secondary N) is 2. The van der Waals surface area contributed by atoms with Crippen molar-refractivity contribution in [1.82, 2.24) is 4.98 Å². The Balaban J connectivity index is 2.13. The maximum atomic E-state index is 6.07. The third-order valence-corrected chi connectivity index (χ3v) is 3.20. The molecule has 2 rings (SSSR count). The summed E-state index contributed by atoms with van der Waals surface area (Å²) in [4.78, 5) is 4.23. The predicted octanol–water partition coefficient (Wildman–Crippen LogP) is 2.26. The number of nitrogens with two attached hydrogens (primary N) is 1. The van der Waals surface area contributed by atoms with Gasteiger partial charge in [-0.25, -0.2) is 10.8 Å². The minimum Gasteiger partial charge on any atom is -0.381 e. The van der Waals surface area contributed by atoms with Gasteiger partial charge in [-0.3, -0.25) is 0 Å². The lowest BCUT2D eigenvalue weighted by atomic mass is 10.1. The molecule has 5 nitrogen and oxygen atoms in total. The zero-order valence-electron chi connectivity index (χ0n) is 9.17. The van der Waals surface area contributed by atoms with E-state index >= 15 is 0 Å². The first-order valence-corrected chi connectivity index (χ1v) is 6.13. The first-order valence-electron chi connectivity index (χ1n) is 5.37.